The van der Waals surface area contributed by atoms with Gasteiger partial charge in [-0.3, -0.25) is 9.10 Å². The number of fused-ring (bicyclic) bond motifs is 1. The van der Waals surface area contributed by atoms with Crippen LogP contribution in [0.5, 0.6) is 11.5 Å². The van der Waals surface area contributed by atoms with Gasteiger partial charge in [-0.05, 0) is 48.5 Å². The molecule has 172 valence electrons. The molecule has 0 saturated carbocycles. The van der Waals surface area contributed by atoms with Gasteiger partial charge in [-0.15, -0.1) is 0 Å². The van der Waals surface area contributed by atoms with Crippen molar-refractivity contribution in [3.63, 3.8) is 0 Å². The van der Waals surface area contributed by atoms with Gasteiger partial charge in [0.15, 0.2) is 0 Å². The first kappa shape index (κ1) is 22.9. The Kier molecular flexibility index (Phi) is 6.49. The Morgan fingerprint density at radius 1 is 1.12 bits per heavy atom. The molecule has 3 aromatic carbocycles. The minimum Gasteiger partial charge on any atom is -0.497 e. The van der Waals surface area contributed by atoms with Gasteiger partial charge in [0.25, 0.3) is 15.9 Å². The summed E-state index contributed by atoms with van der Waals surface area (Å²) in [7, 11) is -0.947. The zero-order valence-electron chi connectivity index (χ0n) is 18.1. The first-order valence-electron chi connectivity index (χ1n) is 10.3. The van der Waals surface area contributed by atoms with E-state index in [1.54, 1.807) is 24.3 Å². The molecule has 1 N–H and O–H groups in total. The third-order valence-electron chi connectivity index (χ3n) is 5.54. The van der Waals surface area contributed by atoms with Gasteiger partial charge in [-0.25, -0.2) is 8.42 Å². The first-order chi connectivity index (χ1) is 15.8. The van der Waals surface area contributed by atoms with Crippen LogP contribution < -0.4 is 19.1 Å². The fourth-order valence-electron chi connectivity index (χ4n) is 3.66. The summed E-state index contributed by atoms with van der Waals surface area (Å²) in [6.45, 7) is 0.469. The Labute approximate surface area is 197 Å². The van der Waals surface area contributed by atoms with Gasteiger partial charge in [0, 0.05) is 19.0 Å². The molecule has 0 fully saturated rings. The molecule has 33 heavy (non-hydrogen) atoms. The smallest absolute Gasteiger partial charge is 0.264 e. The molecular formula is C24H23ClN2O5S. The number of hydrogen-bond acceptors (Lipinski definition) is 5. The van der Waals surface area contributed by atoms with E-state index < -0.39 is 15.9 Å². The van der Waals surface area contributed by atoms with Gasteiger partial charge in [-0.1, -0.05) is 29.8 Å². The number of benzene rings is 3. The fraction of sp³-hybridized carbons (Fsp3) is 0.208. The van der Waals surface area contributed by atoms with E-state index in [0.717, 1.165) is 15.6 Å². The lowest BCUT2D eigenvalue weighted by atomic mass is 10.00. The lowest BCUT2D eigenvalue weighted by Gasteiger charge is -2.27. The van der Waals surface area contributed by atoms with Gasteiger partial charge in [0.2, 0.25) is 0 Å². The standard InChI is InChI=1S/C24H23ClN2O5S/c1-27(16-7-9-17(31-2)10-8-16)33(29,30)18-11-12-21(25)20(15-18)24(28)26-22-13-14-32-23-6-4-3-5-19(22)23/h3-12,15,22H,13-14H2,1-2H3,(H,26,28). The van der Waals surface area contributed by atoms with E-state index >= 15 is 0 Å². The molecule has 0 bridgehead atoms. The second-order valence-electron chi connectivity index (χ2n) is 7.51. The highest BCUT2D eigenvalue weighted by Gasteiger charge is 2.27. The van der Waals surface area contributed by atoms with Crippen molar-refractivity contribution < 1.29 is 22.7 Å². The Morgan fingerprint density at radius 3 is 2.58 bits per heavy atom. The van der Waals surface area contributed by atoms with Gasteiger partial charge >= 0.3 is 0 Å². The number of halogens is 1. The number of hydrogen-bond donors (Lipinski definition) is 1. The second-order valence-corrected chi connectivity index (χ2v) is 9.89. The second kappa shape index (κ2) is 9.33. The van der Waals surface area contributed by atoms with Crippen LogP contribution in [0.25, 0.3) is 0 Å². The molecule has 1 aliphatic heterocycles. The van der Waals surface area contributed by atoms with Gasteiger partial charge in [0.1, 0.15) is 11.5 Å². The summed E-state index contributed by atoms with van der Waals surface area (Å²) in [5.41, 5.74) is 1.41. The van der Waals surface area contributed by atoms with Crippen molar-refractivity contribution in [2.45, 2.75) is 17.4 Å². The summed E-state index contributed by atoms with van der Waals surface area (Å²) >= 11 is 6.28. The minimum atomic E-state index is -3.93. The summed E-state index contributed by atoms with van der Waals surface area (Å²) in [4.78, 5) is 13.0. The number of methoxy groups -OCH3 is 1. The maximum absolute atomic E-state index is 13.2. The Morgan fingerprint density at radius 2 is 1.85 bits per heavy atom. The summed E-state index contributed by atoms with van der Waals surface area (Å²) in [5.74, 6) is 0.883. The molecule has 1 atom stereocenters. The molecule has 0 saturated heterocycles. The van der Waals surface area contributed by atoms with E-state index in [2.05, 4.69) is 5.32 Å². The number of para-hydroxylation sites is 1. The maximum Gasteiger partial charge on any atom is 0.264 e. The van der Waals surface area contributed by atoms with E-state index in [1.807, 2.05) is 24.3 Å². The van der Waals surface area contributed by atoms with Crippen LogP contribution in [-0.4, -0.2) is 35.1 Å². The molecule has 3 aromatic rings. The van der Waals surface area contributed by atoms with Crippen LogP contribution in [-0.2, 0) is 10.0 Å². The van der Waals surface area contributed by atoms with Crippen molar-refractivity contribution in [1.29, 1.82) is 0 Å². The molecule has 0 spiro atoms. The van der Waals surface area contributed by atoms with Crippen LogP contribution in [0.2, 0.25) is 5.02 Å². The average molecular weight is 487 g/mol. The molecule has 1 heterocycles. The van der Waals surface area contributed by atoms with Crippen molar-refractivity contribution in [3.05, 3.63) is 82.9 Å². The van der Waals surface area contributed by atoms with E-state index in [0.29, 0.717) is 24.5 Å². The minimum absolute atomic E-state index is 0.0391. The topological polar surface area (TPSA) is 84.9 Å². The summed E-state index contributed by atoms with van der Waals surface area (Å²) in [5, 5.41) is 3.12. The van der Waals surface area contributed by atoms with E-state index in [9.17, 15) is 13.2 Å². The van der Waals surface area contributed by atoms with E-state index in [1.165, 1.54) is 32.4 Å². The highest BCUT2D eigenvalue weighted by Crippen LogP contribution is 2.32. The molecule has 0 aliphatic carbocycles. The Bertz CT molecular complexity index is 1280. The highest BCUT2D eigenvalue weighted by atomic mass is 35.5. The van der Waals surface area contributed by atoms with Crippen LogP contribution in [0.3, 0.4) is 0 Å². The number of nitrogens with zero attached hydrogens (tertiary/aromatic N) is 1. The van der Waals surface area contributed by atoms with Crippen molar-refractivity contribution in [3.8, 4) is 11.5 Å². The zero-order chi connectivity index (χ0) is 23.6. The van der Waals surface area contributed by atoms with E-state index in [-0.39, 0.29) is 21.5 Å². The van der Waals surface area contributed by atoms with Crippen molar-refractivity contribution in [2.24, 2.45) is 0 Å². The predicted octanol–water partition coefficient (Wildman–Crippen LogP) is 4.43. The molecular weight excluding hydrogens is 464 g/mol. The molecule has 1 unspecified atom stereocenters. The summed E-state index contributed by atoms with van der Waals surface area (Å²) < 4.78 is 38.4. The van der Waals surface area contributed by atoms with Crippen LogP contribution in [0.4, 0.5) is 5.69 Å². The summed E-state index contributed by atoms with van der Waals surface area (Å²) in [6.07, 6.45) is 0.596. The predicted molar refractivity (Wildman–Crippen MR) is 127 cm³/mol. The lowest BCUT2D eigenvalue weighted by Crippen LogP contribution is -2.32. The lowest BCUT2D eigenvalue weighted by molar-refractivity contribution is 0.0924. The van der Waals surface area contributed by atoms with Crippen molar-refractivity contribution in [1.82, 2.24) is 5.32 Å². The quantitative estimate of drug-likeness (QED) is 0.557. The number of carbonyl (C=O) groups is 1. The normalized spacial score (nSPS) is 15.2. The molecule has 4 rings (SSSR count). The molecule has 0 radical (unpaired) electrons. The summed E-state index contributed by atoms with van der Waals surface area (Å²) in [6, 6.07) is 18.0. The Hall–Kier alpha value is -3.23. The van der Waals surface area contributed by atoms with Gasteiger partial charge < -0.3 is 14.8 Å². The molecule has 7 nitrogen and oxygen atoms in total. The number of carbonyl (C=O) groups excluding carboxylic acids is 1. The fourth-order valence-corrected chi connectivity index (χ4v) is 5.08. The largest absolute Gasteiger partial charge is 0.497 e. The zero-order valence-corrected chi connectivity index (χ0v) is 19.7. The molecule has 0 aromatic heterocycles. The number of sulfonamides is 1. The SMILES string of the molecule is COc1ccc(N(C)S(=O)(=O)c2ccc(Cl)c(C(=O)NC3CCOc4ccccc43)c2)cc1. The van der Waals surface area contributed by atoms with Crippen molar-refractivity contribution in [2.75, 3.05) is 25.1 Å². The monoisotopic (exact) mass is 486 g/mol. The third kappa shape index (κ3) is 4.62. The highest BCUT2D eigenvalue weighted by molar-refractivity contribution is 7.92. The third-order valence-corrected chi connectivity index (χ3v) is 7.65. The number of anilines is 1. The van der Waals surface area contributed by atoms with Crippen LogP contribution in [0, 0.1) is 0 Å². The van der Waals surface area contributed by atoms with Crippen molar-refractivity contribution >= 4 is 33.2 Å². The average Bonchev–Trinajstić information content (AvgIpc) is 2.84. The molecule has 9 heteroatoms. The number of nitrogens with one attached hydrogen (secondary N) is 1. The molecule has 1 aliphatic rings. The molecule has 1 amide bonds. The number of ether oxygens (including phenoxy) is 2. The van der Waals surface area contributed by atoms with Crippen LogP contribution >= 0.6 is 11.6 Å². The number of amides is 1. The van der Waals surface area contributed by atoms with E-state index in [4.69, 9.17) is 21.1 Å². The Balaban J connectivity index is 1.60. The first-order valence-corrected chi connectivity index (χ1v) is 12.1. The van der Waals surface area contributed by atoms with Crippen LogP contribution in [0.1, 0.15) is 28.4 Å². The number of rotatable bonds is 6. The van der Waals surface area contributed by atoms with Gasteiger partial charge in [0.05, 0.1) is 40.9 Å². The van der Waals surface area contributed by atoms with Crippen LogP contribution in [0.15, 0.2) is 71.6 Å². The van der Waals surface area contributed by atoms with Gasteiger partial charge in [-0.2, -0.15) is 0 Å². The maximum atomic E-state index is 13.2.